The van der Waals surface area contributed by atoms with Gasteiger partial charge in [0.05, 0.1) is 12.4 Å². The first-order valence-electron chi connectivity index (χ1n) is 5.05. The van der Waals surface area contributed by atoms with Gasteiger partial charge in [-0.2, -0.15) is 0 Å². The normalized spacial score (nSPS) is 20.5. The first-order valence-corrected chi connectivity index (χ1v) is 5.05. The Labute approximate surface area is 93.0 Å². The molecule has 1 atom stereocenters. The molecule has 1 amide bonds. The monoisotopic (exact) mass is 222 g/mol. The van der Waals surface area contributed by atoms with Gasteiger partial charge in [-0.1, -0.05) is 0 Å². The Morgan fingerprint density at radius 3 is 3.19 bits per heavy atom. The second-order valence-electron chi connectivity index (χ2n) is 3.57. The molecule has 0 saturated carbocycles. The topological polar surface area (TPSA) is 96.2 Å². The molecule has 4 N–H and O–H groups in total. The lowest BCUT2D eigenvalue weighted by Gasteiger charge is -2.33. The molecule has 1 aromatic heterocycles. The smallest absolute Gasteiger partial charge is 0.242 e. The fourth-order valence-electron chi connectivity index (χ4n) is 1.66. The number of rotatable bonds is 2. The van der Waals surface area contributed by atoms with Gasteiger partial charge in [-0.25, -0.2) is 10.8 Å². The number of piperazine rings is 1. The first-order chi connectivity index (χ1) is 7.72. The van der Waals surface area contributed by atoms with Gasteiger partial charge in [0.15, 0.2) is 5.82 Å². The van der Waals surface area contributed by atoms with E-state index in [4.69, 9.17) is 5.84 Å². The molecule has 1 unspecified atom stereocenters. The molecule has 1 aromatic rings. The maximum atomic E-state index is 11.5. The van der Waals surface area contributed by atoms with Crippen LogP contribution in [0.1, 0.15) is 6.92 Å². The minimum atomic E-state index is -0.240. The summed E-state index contributed by atoms with van der Waals surface area (Å²) in [4.78, 5) is 21.6. The number of nitrogens with two attached hydrogens (primary N) is 1. The van der Waals surface area contributed by atoms with Crippen molar-refractivity contribution in [2.24, 2.45) is 5.84 Å². The van der Waals surface area contributed by atoms with Crippen LogP contribution in [0.4, 0.5) is 11.6 Å². The van der Waals surface area contributed by atoms with Crippen molar-refractivity contribution in [3.63, 3.8) is 0 Å². The molecule has 16 heavy (non-hydrogen) atoms. The van der Waals surface area contributed by atoms with Crippen LogP contribution in [0.15, 0.2) is 12.4 Å². The van der Waals surface area contributed by atoms with E-state index >= 15 is 0 Å². The van der Waals surface area contributed by atoms with Crippen molar-refractivity contribution in [3.8, 4) is 0 Å². The Bertz CT molecular complexity index is 395. The summed E-state index contributed by atoms with van der Waals surface area (Å²) < 4.78 is 0. The van der Waals surface area contributed by atoms with E-state index in [1.54, 1.807) is 6.20 Å². The zero-order valence-electron chi connectivity index (χ0n) is 8.97. The third kappa shape index (κ3) is 1.89. The van der Waals surface area contributed by atoms with E-state index in [1.807, 2.05) is 11.8 Å². The van der Waals surface area contributed by atoms with Crippen LogP contribution in [0.5, 0.6) is 0 Å². The van der Waals surface area contributed by atoms with Gasteiger partial charge in [0, 0.05) is 13.1 Å². The predicted molar refractivity (Wildman–Crippen MR) is 59.7 cm³/mol. The SMILES string of the molecule is CC1C(=O)NCCN1c1cncc(NN)n1. The van der Waals surface area contributed by atoms with Crippen LogP contribution in [-0.2, 0) is 4.79 Å². The third-order valence-electron chi connectivity index (χ3n) is 2.56. The number of anilines is 2. The highest BCUT2D eigenvalue weighted by Gasteiger charge is 2.26. The van der Waals surface area contributed by atoms with E-state index in [-0.39, 0.29) is 11.9 Å². The van der Waals surface area contributed by atoms with Gasteiger partial charge in [0.1, 0.15) is 11.9 Å². The highest BCUT2D eigenvalue weighted by Crippen LogP contribution is 2.16. The van der Waals surface area contributed by atoms with Crippen LogP contribution in [0.2, 0.25) is 0 Å². The van der Waals surface area contributed by atoms with Crippen LogP contribution >= 0.6 is 0 Å². The Hall–Kier alpha value is -1.89. The first kappa shape index (κ1) is 10.6. The Kier molecular flexibility index (Phi) is 2.86. The minimum absolute atomic E-state index is 0.000777. The molecule has 0 radical (unpaired) electrons. The number of nitrogen functional groups attached to an aromatic ring is 1. The molecule has 2 heterocycles. The molecule has 0 spiro atoms. The van der Waals surface area contributed by atoms with E-state index in [1.165, 1.54) is 6.20 Å². The number of nitrogens with one attached hydrogen (secondary N) is 2. The lowest BCUT2D eigenvalue weighted by atomic mass is 10.2. The molecule has 0 aromatic carbocycles. The number of carbonyl (C=O) groups is 1. The third-order valence-corrected chi connectivity index (χ3v) is 2.56. The Morgan fingerprint density at radius 1 is 1.62 bits per heavy atom. The molecule has 1 saturated heterocycles. The van der Waals surface area contributed by atoms with Crippen LogP contribution in [0.25, 0.3) is 0 Å². The molecular weight excluding hydrogens is 208 g/mol. The van der Waals surface area contributed by atoms with Gasteiger partial charge >= 0.3 is 0 Å². The average molecular weight is 222 g/mol. The molecular formula is C9H14N6O. The van der Waals surface area contributed by atoms with Crippen molar-refractivity contribution >= 4 is 17.5 Å². The second kappa shape index (κ2) is 4.31. The highest BCUT2D eigenvalue weighted by molar-refractivity contribution is 5.85. The zero-order valence-corrected chi connectivity index (χ0v) is 8.97. The standard InChI is InChI=1S/C9H14N6O/c1-6-9(16)12-2-3-15(6)8-5-11-4-7(13-8)14-10/h4-6H,2-3,10H2,1H3,(H,12,16)(H,13,14). The predicted octanol–water partition coefficient (Wildman–Crippen LogP) is -0.913. The fourth-order valence-corrected chi connectivity index (χ4v) is 1.66. The summed E-state index contributed by atoms with van der Waals surface area (Å²) in [6.07, 6.45) is 3.15. The molecule has 2 rings (SSSR count). The maximum Gasteiger partial charge on any atom is 0.242 e. The van der Waals surface area contributed by atoms with Crippen molar-refractivity contribution in [2.45, 2.75) is 13.0 Å². The second-order valence-corrected chi connectivity index (χ2v) is 3.57. The largest absolute Gasteiger partial charge is 0.353 e. The van der Waals surface area contributed by atoms with Gasteiger partial charge in [0.2, 0.25) is 5.91 Å². The molecule has 0 aliphatic carbocycles. The number of hydrogen-bond donors (Lipinski definition) is 3. The number of hydrazine groups is 1. The number of amides is 1. The minimum Gasteiger partial charge on any atom is -0.353 e. The maximum absolute atomic E-state index is 11.5. The van der Waals surface area contributed by atoms with Crippen molar-refractivity contribution in [1.29, 1.82) is 0 Å². The molecule has 7 nitrogen and oxygen atoms in total. The lowest BCUT2D eigenvalue weighted by molar-refractivity contribution is -0.122. The van der Waals surface area contributed by atoms with E-state index in [2.05, 4.69) is 20.7 Å². The van der Waals surface area contributed by atoms with Crippen LogP contribution in [0, 0.1) is 0 Å². The molecule has 0 bridgehead atoms. The Morgan fingerprint density at radius 2 is 2.44 bits per heavy atom. The average Bonchev–Trinajstić information content (AvgIpc) is 2.33. The van der Waals surface area contributed by atoms with E-state index in [0.717, 1.165) is 6.54 Å². The van der Waals surface area contributed by atoms with Crippen molar-refractivity contribution < 1.29 is 4.79 Å². The van der Waals surface area contributed by atoms with Gasteiger partial charge in [0.25, 0.3) is 0 Å². The fraction of sp³-hybridized carbons (Fsp3) is 0.444. The van der Waals surface area contributed by atoms with Crippen molar-refractivity contribution in [2.75, 3.05) is 23.4 Å². The van der Waals surface area contributed by atoms with Crippen LogP contribution in [-0.4, -0.2) is 35.0 Å². The zero-order chi connectivity index (χ0) is 11.5. The van der Waals surface area contributed by atoms with Gasteiger partial charge in [-0.05, 0) is 6.92 Å². The quantitative estimate of drug-likeness (QED) is 0.442. The summed E-state index contributed by atoms with van der Waals surface area (Å²) in [5, 5.41) is 2.79. The van der Waals surface area contributed by atoms with Gasteiger partial charge < -0.3 is 15.6 Å². The van der Waals surface area contributed by atoms with Gasteiger partial charge in [-0.15, -0.1) is 0 Å². The molecule has 1 fully saturated rings. The number of aromatic nitrogens is 2. The van der Waals surface area contributed by atoms with E-state index in [9.17, 15) is 4.79 Å². The molecule has 86 valence electrons. The van der Waals surface area contributed by atoms with Crippen molar-refractivity contribution in [3.05, 3.63) is 12.4 Å². The lowest BCUT2D eigenvalue weighted by Crippen LogP contribution is -2.54. The van der Waals surface area contributed by atoms with Crippen LogP contribution in [0.3, 0.4) is 0 Å². The van der Waals surface area contributed by atoms with E-state index in [0.29, 0.717) is 18.2 Å². The molecule has 7 heteroatoms. The van der Waals surface area contributed by atoms with E-state index < -0.39 is 0 Å². The Balaban J connectivity index is 2.25. The number of hydrogen-bond acceptors (Lipinski definition) is 6. The van der Waals surface area contributed by atoms with Gasteiger partial charge in [-0.3, -0.25) is 9.78 Å². The van der Waals surface area contributed by atoms with Crippen LogP contribution < -0.4 is 21.5 Å². The molecule has 1 aliphatic heterocycles. The highest BCUT2D eigenvalue weighted by atomic mass is 16.2. The van der Waals surface area contributed by atoms with Crippen molar-refractivity contribution in [1.82, 2.24) is 15.3 Å². The summed E-state index contributed by atoms with van der Waals surface area (Å²) in [5.74, 6) is 6.39. The number of nitrogens with zero attached hydrogens (tertiary/aromatic N) is 3. The summed E-state index contributed by atoms with van der Waals surface area (Å²) in [7, 11) is 0. The summed E-state index contributed by atoms with van der Waals surface area (Å²) in [6.45, 7) is 3.17. The summed E-state index contributed by atoms with van der Waals surface area (Å²) in [5.41, 5.74) is 2.43. The summed E-state index contributed by atoms with van der Waals surface area (Å²) in [6, 6.07) is -0.240. The number of carbonyl (C=O) groups excluding carboxylic acids is 1. The molecule has 1 aliphatic rings. The summed E-state index contributed by atoms with van der Waals surface area (Å²) >= 11 is 0.